The molecule has 0 unspecified atom stereocenters. The van der Waals surface area contributed by atoms with E-state index in [4.69, 9.17) is 4.98 Å². The van der Waals surface area contributed by atoms with E-state index in [1.165, 1.54) is 22.4 Å². The fourth-order valence-electron chi connectivity index (χ4n) is 3.42. The van der Waals surface area contributed by atoms with Crippen LogP contribution in [0.2, 0.25) is 0 Å². The van der Waals surface area contributed by atoms with Gasteiger partial charge in [-0.3, -0.25) is 4.90 Å². The average Bonchev–Trinajstić information content (AvgIpc) is 2.44. The normalized spacial score (nSPS) is 18.3. The van der Waals surface area contributed by atoms with Crippen molar-refractivity contribution in [2.45, 2.75) is 32.9 Å². The molecular formula is C18H23N5. The van der Waals surface area contributed by atoms with Gasteiger partial charge >= 0.3 is 0 Å². The van der Waals surface area contributed by atoms with Gasteiger partial charge in [0.1, 0.15) is 0 Å². The minimum Gasteiger partial charge on any atom is -0.324 e. The van der Waals surface area contributed by atoms with Crippen molar-refractivity contribution < 1.29 is 0 Å². The van der Waals surface area contributed by atoms with E-state index in [0.717, 1.165) is 38.3 Å². The van der Waals surface area contributed by atoms with E-state index in [1.807, 2.05) is 6.20 Å². The van der Waals surface area contributed by atoms with E-state index in [-0.39, 0.29) is 0 Å². The fourth-order valence-corrected chi connectivity index (χ4v) is 3.42. The van der Waals surface area contributed by atoms with E-state index in [1.54, 1.807) is 0 Å². The van der Waals surface area contributed by atoms with Gasteiger partial charge in [0, 0.05) is 56.1 Å². The molecule has 1 aromatic carbocycles. The zero-order valence-corrected chi connectivity index (χ0v) is 13.8. The second kappa shape index (κ2) is 5.91. The first-order valence-electron chi connectivity index (χ1n) is 8.32. The quantitative estimate of drug-likeness (QED) is 0.910. The zero-order chi connectivity index (χ0) is 15.8. The Morgan fingerprint density at radius 3 is 2.65 bits per heavy atom. The molecule has 0 spiro atoms. The largest absolute Gasteiger partial charge is 0.324 e. The van der Waals surface area contributed by atoms with Crippen LogP contribution in [0.15, 0.2) is 24.4 Å². The maximum absolute atomic E-state index is 4.74. The van der Waals surface area contributed by atoms with E-state index < -0.39 is 0 Å². The van der Waals surface area contributed by atoms with Gasteiger partial charge in [0.2, 0.25) is 5.95 Å². The molecule has 3 heterocycles. The molecule has 2 N–H and O–H groups in total. The van der Waals surface area contributed by atoms with Crippen LogP contribution in [0.25, 0.3) is 0 Å². The highest BCUT2D eigenvalue weighted by molar-refractivity contribution is 5.56. The fraction of sp³-hybridized carbons (Fsp3) is 0.444. The number of aromatic nitrogens is 2. The maximum Gasteiger partial charge on any atom is 0.227 e. The SMILES string of the molecule is Cc1cc(C)cc(Nc2ncc3c(n2)CCN(C2CNC2)C3)c1. The summed E-state index contributed by atoms with van der Waals surface area (Å²) in [6.07, 6.45) is 3.00. The number of aryl methyl sites for hydroxylation is 2. The summed E-state index contributed by atoms with van der Waals surface area (Å²) >= 11 is 0. The van der Waals surface area contributed by atoms with E-state index in [2.05, 4.69) is 52.6 Å². The van der Waals surface area contributed by atoms with E-state index in [9.17, 15) is 0 Å². The van der Waals surface area contributed by atoms with Crippen molar-refractivity contribution in [3.8, 4) is 0 Å². The zero-order valence-electron chi connectivity index (χ0n) is 13.8. The smallest absolute Gasteiger partial charge is 0.227 e. The molecule has 2 aliphatic heterocycles. The van der Waals surface area contributed by atoms with Crippen molar-refractivity contribution in [1.29, 1.82) is 0 Å². The minimum atomic E-state index is 0.691. The molecule has 0 bridgehead atoms. The van der Waals surface area contributed by atoms with Crippen molar-refractivity contribution in [1.82, 2.24) is 20.2 Å². The Labute approximate surface area is 137 Å². The molecule has 2 aliphatic rings. The van der Waals surface area contributed by atoms with Crippen molar-refractivity contribution in [3.63, 3.8) is 0 Å². The van der Waals surface area contributed by atoms with Crippen molar-refractivity contribution in [2.24, 2.45) is 0 Å². The predicted molar refractivity (Wildman–Crippen MR) is 92.0 cm³/mol. The summed E-state index contributed by atoms with van der Waals surface area (Å²) in [6.45, 7) is 8.52. The van der Waals surface area contributed by atoms with Gasteiger partial charge in [0.05, 0.1) is 5.69 Å². The van der Waals surface area contributed by atoms with Gasteiger partial charge in [-0.2, -0.15) is 0 Å². The Balaban J connectivity index is 1.51. The summed E-state index contributed by atoms with van der Waals surface area (Å²) in [5.74, 6) is 0.701. The highest BCUT2D eigenvalue weighted by atomic mass is 15.2. The molecule has 1 saturated heterocycles. The van der Waals surface area contributed by atoms with Crippen LogP contribution in [-0.4, -0.2) is 40.5 Å². The summed E-state index contributed by atoms with van der Waals surface area (Å²) < 4.78 is 0. The Morgan fingerprint density at radius 1 is 1.17 bits per heavy atom. The summed E-state index contributed by atoms with van der Waals surface area (Å²) in [5, 5.41) is 6.69. The Morgan fingerprint density at radius 2 is 1.96 bits per heavy atom. The molecule has 1 aromatic heterocycles. The van der Waals surface area contributed by atoms with Crippen molar-refractivity contribution >= 4 is 11.6 Å². The number of nitrogens with zero attached hydrogens (tertiary/aromatic N) is 3. The van der Waals surface area contributed by atoms with Crippen molar-refractivity contribution in [2.75, 3.05) is 25.0 Å². The average molecular weight is 309 g/mol. The molecule has 0 saturated carbocycles. The summed E-state index contributed by atoms with van der Waals surface area (Å²) in [7, 11) is 0. The van der Waals surface area contributed by atoms with E-state index >= 15 is 0 Å². The lowest BCUT2D eigenvalue weighted by atomic mass is 10.0. The number of nitrogens with one attached hydrogen (secondary N) is 2. The molecule has 0 radical (unpaired) electrons. The summed E-state index contributed by atoms with van der Waals surface area (Å²) in [4.78, 5) is 11.8. The number of fused-ring (bicyclic) bond motifs is 1. The highest BCUT2D eigenvalue weighted by Gasteiger charge is 2.28. The van der Waals surface area contributed by atoms with Gasteiger partial charge in [-0.15, -0.1) is 0 Å². The first-order valence-corrected chi connectivity index (χ1v) is 8.32. The van der Waals surface area contributed by atoms with Crippen LogP contribution in [0.5, 0.6) is 0 Å². The molecule has 23 heavy (non-hydrogen) atoms. The monoisotopic (exact) mass is 309 g/mol. The number of hydrogen-bond acceptors (Lipinski definition) is 5. The number of anilines is 2. The predicted octanol–water partition coefficient (Wildman–Crippen LogP) is 2.17. The minimum absolute atomic E-state index is 0.691. The Bertz CT molecular complexity index is 703. The molecule has 0 atom stereocenters. The Hall–Kier alpha value is -1.98. The second-order valence-electron chi connectivity index (χ2n) is 6.70. The van der Waals surface area contributed by atoms with Crippen LogP contribution in [-0.2, 0) is 13.0 Å². The molecular weight excluding hydrogens is 286 g/mol. The lowest BCUT2D eigenvalue weighted by Gasteiger charge is -2.40. The summed E-state index contributed by atoms with van der Waals surface area (Å²) in [6, 6.07) is 7.11. The number of hydrogen-bond donors (Lipinski definition) is 2. The Kier molecular flexibility index (Phi) is 3.75. The van der Waals surface area contributed by atoms with Gasteiger partial charge in [-0.1, -0.05) is 6.07 Å². The second-order valence-corrected chi connectivity index (χ2v) is 6.70. The van der Waals surface area contributed by atoms with Gasteiger partial charge in [0.25, 0.3) is 0 Å². The third kappa shape index (κ3) is 3.07. The molecule has 0 aliphatic carbocycles. The lowest BCUT2D eigenvalue weighted by Crippen LogP contribution is -2.58. The first-order chi connectivity index (χ1) is 11.2. The standard InChI is InChI=1S/C18H23N5/c1-12-5-13(2)7-15(6-12)21-18-20-8-14-11-23(16-9-19-10-16)4-3-17(14)22-18/h5-8,16,19H,3-4,9-11H2,1-2H3,(H,20,21,22). The van der Waals surface area contributed by atoms with Crippen LogP contribution < -0.4 is 10.6 Å². The van der Waals surface area contributed by atoms with Crippen LogP contribution >= 0.6 is 0 Å². The van der Waals surface area contributed by atoms with Gasteiger partial charge in [-0.05, 0) is 37.1 Å². The van der Waals surface area contributed by atoms with Crippen LogP contribution in [0, 0.1) is 13.8 Å². The maximum atomic E-state index is 4.74. The summed E-state index contributed by atoms with van der Waals surface area (Å²) in [5.41, 5.74) is 6.01. The first kappa shape index (κ1) is 14.6. The van der Waals surface area contributed by atoms with E-state index in [0.29, 0.717) is 12.0 Å². The molecule has 4 rings (SSSR count). The third-order valence-electron chi connectivity index (χ3n) is 4.72. The number of benzene rings is 1. The molecule has 5 nitrogen and oxygen atoms in total. The van der Waals surface area contributed by atoms with Crippen molar-refractivity contribution in [3.05, 3.63) is 46.8 Å². The van der Waals surface area contributed by atoms with Gasteiger partial charge < -0.3 is 10.6 Å². The van der Waals surface area contributed by atoms with Gasteiger partial charge in [-0.25, -0.2) is 9.97 Å². The third-order valence-corrected chi connectivity index (χ3v) is 4.72. The molecule has 5 heteroatoms. The number of rotatable bonds is 3. The molecule has 120 valence electrons. The lowest BCUT2D eigenvalue weighted by molar-refractivity contribution is 0.130. The molecule has 1 fully saturated rings. The van der Waals surface area contributed by atoms with Crippen LogP contribution in [0.1, 0.15) is 22.4 Å². The molecule has 0 amide bonds. The van der Waals surface area contributed by atoms with Crippen LogP contribution in [0.3, 0.4) is 0 Å². The van der Waals surface area contributed by atoms with Crippen LogP contribution in [0.4, 0.5) is 11.6 Å². The molecule has 2 aromatic rings. The topological polar surface area (TPSA) is 53.1 Å². The van der Waals surface area contributed by atoms with Gasteiger partial charge in [0.15, 0.2) is 0 Å². The highest BCUT2D eigenvalue weighted by Crippen LogP contribution is 2.22.